The summed E-state index contributed by atoms with van der Waals surface area (Å²) in [4.78, 5) is 126. The predicted octanol–water partition coefficient (Wildman–Crippen LogP) is -1.38. The Morgan fingerprint density at radius 2 is 1.42 bits per heavy atom. The summed E-state index contributed by atoms with van der Waals surface area (Å²) in [6, 6.07) is -2.03. The third-order valence-electron chi connectivity index (χ3n) is 9.49. The van der Waals surface area contributed by atoms with Gasteiger partial charge in [0, 0.05) is 26.4 Å². The molecule has 316 valence electrons. The van der Waals surface area contributed by atoms with E-state index in [1.165, 1.54) is 36.1 Å². The molecule has 0 aliphatic carbocycles. The molecule has 0 unspecified atom stereocenters. The van der Waals surface area contributed by atoms with E-state index in [1.807, 2.05) is 0 Å². The van der Waals surface area contributed by atoms with Gasteiger partial charge in [0.15, 0.2) is 0 Å². The number of hydrogen-bond donors (Lipinski definition) is 9. The van der Waals surface area contributed by atoms with Crippen LogP contribution in [0.3, 0.4) is 0 Å². The minimum Gasteiger partial charge on any atom is -0.404 e. The Balaban J connectivity index is 2.02. The van der Waals surface area contributed by atoms with Crippen LogP contribution in [0.2, 0.25) is 0 Å². The van der Waals surface area contributed by atoms with Gasteiger partial charge in [-0.25, -0.2) is 4.57 Å². The van der Waals surface area contributed by atoms with Crippen molar-refractivity contribution in [3.63, 3.8) is 0 Å². The number of rotatable bonds is 9. The number of nitrogens with two attached hydrogens (primary N) is 1. The summed E-state index contributed by atoms with van der Waals surface area (Å²) in [5.41, 5.74) is 5.85. The number of phosphoric acid groups is 1. The van der Waals surface area contributed by atoms with Gasteiger partial charge in [-0.05, 0) is 61.6 Å². The topological polar surface area (TPSA) is 305 Å². The molecule has 10 N–H and O–H groups in total. The lowest BCUT2D eigenvalue weighted by Gasteiger charge is -2.32. The number of carbonyl (C=O) groups is 8. The summed E-state index contributed by atoms with van der Waals surface area (Å²) >= 11 is 0. The van der Waals surface area contributed by atoms with E-state index < -0.39 is 110 Å². The highest BCUT2D eigenvalue weighted by Gasteiger charge is 2.40. The molecule has 3 rings (SSSR count). The summed E-state index contributed by atoms with van der Waals surface area (Å²) in [7, 11) is -4.87. The molecule has 21 heteroatoms. The minimum atomic E-state index is -4.87. The van der Waals surface area contributed by atoms with Crippen LogP contribution < -0.4 is 42.2 Å². The Kier molecular flexibility index (Phi) is 17.0. The standard InChI is InChI=1S/C36H55N8O12P/c1-19(2)29-35(51)41-26(18-28(37)46)33(49)43-30(20(3)4)36(52)44-16-8-10-27(44)34(50)38-15-7-6-9-24(39-21(5)45)31(47)40-25(32(48)42-29)17-22-11-13-23(14-12-22)56-57(53,54)55/h11-14,19-20,24-27,29-30H,6-10,15-18H2,1-5H3,(H2,37,46)(H,38,50)(H,39,45)(H,40,47)(H,41,51)(H,42,48)(H,43,49)(H2,53,54,55)/t24-,25-,26-,27-,29+,30+/m1/s1. The van der Waals surface area contributed by atoms with Gasteiger partial charge in [0.2, 0.25) is 47.3 Å². The van der Waals surface area contributed by atoms with Gasteiger partial charge in [0.1, 0.15) is 42.0 Å². The van der Waals surface area contributed by atoms with Crippen LogP contribution in [0, 0.1) is 11.8 Å². The van der Waals surface area contributed by atoms with Gasteiger partial charge in [-0.2, -0.15) is 0 Å². The number of nitrogens with zero attached hydrogens (tertiary/aromatic N) is 1. The summed E-state index contributed by atoms with van der Waals surface area (Å²) in [5.74, 6) is -7.01. The molecule has 2 aliphatic heterocycles. The van der Waals surface area contributed by atoms with Crippen molar-refractivity contribution >= 4 is 55.1 Å². The summed E-state index contributed by atoms with van der Waals surface area (Å²) in [6.45, 7) is 8.26. The van der Waals surface area contributed by atoms with E-state index in [0.717, 1.165) is 0 Å². The zero-order valence-electron chi connectivity index (χ0n) is 32.7. The van der Waals surface area contributed by atoms with E-state index in [1.54, 1.807) is 27.7 Å². The van der Waals surface area contributed by atoms with Crippen molar-refractivity contribution < 1.29 is 57.2 Å². The molecule has 0 spiro atoms. The number of amides is 8. The first kappa shape index (κ1) is 46.3. The van der Waals surface area contributed by atoms with Gasteiger partial charge < -0.3 is 47.1 Å². The van der Waals surface area contributed by atoms with Crippen LogP contribution in [0.4, 0.5) is 0 Å². The molecule has 1 aromatic rings. The van der Waals surface area contributed by atoms with Crippen molar-refractivity contribution in [1.29, 1.82) is 0 Å². The normalized spacial score (nSPS) is 25.2. The maximum absolute atomic E-state index is 14.0. The maximum Gasteiger partial charge on any atom is 0.524 e. The van der Waals surface area contributed by atoms with Gasteiger partial charge in [-0.15, -0.1) is 0 Å². The molecule has 2 aliphatic rings. The molecular formula is C36H55N8O12P. The molecule has 0 radical (unpaired) electrons. The largest absolute Gasteiger partial charge is 0.524 e. The van der Waals surface area contributed by atoms with Crippen LogP contribution in [0.25, 0.3) is 0 Å². The third kappa shape index (κ3) is 14.4. The van der Waals surface area contributed by atoms with Crippen molar-refractivity contribution in [2.75, 3.05) is 13.1 Å². The van der Waals surface area contributed by atoms with Gasteiger partial charge in [-0.3, -0.25) is 48.1 Å². The van der Waals surface area contributed by atoms with Gasteiger partial charge in [-0.1, -0.05) is 39.8 Å². The fourth-order valence-corrected chi connectivity index (χ4v) is 6.96. The Morgan fingerprint density at radius 1 is 0.825 bits per heavy atom. The van der Waals surface area contributed by atoms with E-state index in [9.17, 15) is 42.9 Å². The van der Waals surface area contributed by atoms with Crippen LogP contribution in [0.15, 0.2) is 24.3 Å². The Labute approximate surface area is 330 Å². The quantitative estimate of drug-likeness (QED) is 0.130. The Bertz CT molecular complexity index is 1700. The molecule has 0 bridgehead atoms. The van der Waals surface area contributed by atoms with Crippen molar-refractivity contribution in [2.45, 2.75) is 116 Å². The molecular weight excluding hydrogens is 767 g/mol. The second-order valence-corrected chi connectivity index (χ2v) is 16.1. The fraction of sp³-hybridized carbons (Fsp3) is 0.611. The number of fused-ring (bicyclic) bond motifs is 1. The van der Waals surface area contributed by atoms with Crippen LogP contribution in [-0.2, 0) is 49.3 Å². The molecule has 1 aromatic carbocycles. The lowest BCUT2D eigenvalue weighted by Crippen LogP contribution is -2.61. The van der Waals surface area contributed by atoms with E-state index in [0.29, 0.717) is 31.2 Å². The highest BCUT2D eigenvalue weighted by molar-refractivity contribution is 7.46. The summed E-state index contributed by atoms with van der Waals surface area (Å²) < 4.78 is 15.9. The molecule has 57 heavy (non-hydrogen) atoms. The smallest absolute Gasteiger partial charge is 0.404 e. The van der Waals surface area contributed by atoms with Crippen molar-refractivity contribution in [3.8, 4) is 5.75 Å². The van der Waals surface area contributed by atoms with E-state index in [2.05, 4.69) is 36.4 Å². The molecule has 0 aromatic heterocycles. The average Bonchev–Trinajstić information content (AvgIpc) is 3.60. The third-order valence-corrected chi connectivity index (χ3v) is 9.94. The number of nitrogens with one attached hydrogen (secondary N) is 6. The highest BCUT2D eigenvalue weighted by Crippen LogP contribution is 2.37. The molecule has 20 nitrogen and oxygen atoms in total. The second kappa shape index (κ2) is 20.9. The van der Waals surface area contributed by atoms with Crippen LogP contribution in [0.1, 0.15) is 78.7 Å². The number of phosphoric ester groups is 1. The maximum atomic E-state index is 14.0. The monoisotopic (exact) mass is 822 g/mol. The lowest BCUT2D eigenvalue weighted by atomic mass is 9.99. The molecule has 0 saturated carbocycles. The zero-order chi connectivity index (χ0) is 42.6. The number of hydrogen-bond acceptors (Lipinski definition) is 10. The highest BCUT2D eigenvalue weighted by atomic mass is 31.2. The summed E-state index contributed by atoms with van der Waals surface area (Å²) in [6.07, 6.45) is 0.926. The summed E-state index contributed by atoms with van der Waals surface area (Å²) in [5, 5.41) is 15.8. The first-order chi connectivity index (χ1) is 26.7. The number of benzene rings is 1. The number of carbonyl (C=O) groups excluding carboxylic acids is 8. The van der Waals surface area contributed by atoms with Gasteiger partial charge in [0.25, 0.3) is 0 Å². The first-order valence-electron chi connectivity index (χ1n) is 18.9. The predicted molar refractivity (Wildman–Crippen MR) is 203 cm³/mol. The minimum absolute atomic E-state index is 0.117. The van der Waals surface area contributed by atoms with Crippen LogP contribution in [-0.4, -0.2) is 111 Å². The SMILES string of the molecule is CC(=O)N[C@@H]1CCCCNC(=O)[C@H]2CCCN2C(=O)[C@H](C(C)C)NC(=O)[C@@H](CC(N)=O)NC(=O)[C@H](C(C)C)NC(=O)[C@@H](Cc2ccc(OP(=O)(O)O)cc2)NC1=O. The fourth-order valence-electron chi connectivity index (χ4n) is 6.57. The van der Waals surface area contributed by atoms with E-state index in [4.69, 9.17) is 15.5 Å². The zero-order valence-corrected chi connectivity index (χ0v) is 33.6. The van der Waals surface area contributed by atoms with Gasteiger partial charge >= 0.3 is 7.82 Å². The Morgan fingerprint density at radius 3 is 2.00 bits per heavy atom. The molecule has 8 amide bonds. The number of primary amides is 1. The molecule has 2 saturated heterocycles. The van der Waals surface area contributed by atoms with Crippen LogP contribution in [0.5, 0.6) is 5.75 Å². The van der Waals surface area contributed by atoms with E-state index in [-0.39, 0.29) is 31.7 Å². The second-order valence-electron chi connectivity index (χ2n) is 14.9. The van der Waals surface area contributed by atoms with Crippen molar-refractivity contribution in [1.82, 2.24) is 36.8 Å². The van der Waals surface area contributed by atoms with Crippen molar-refractivity contribution in [2.24, 2.45) is 17.6 Å². The molecule has 2 fully saturated rings. The average molecular weight is 823 g/mol. The Hall–Kier alpha value is -5.07. The molecule has 2 heterocycles. The van der Waals surface area contributed by atoms with Crippen LogP contribution >= 0.6 is 7.82 Å². The van der Waals surface area contributed by atoms with E-state index >= 15 is 0 Å². The van der Waals surface area contributed by atoms with Crippen molar-refractivity contribution in [3.05, 3.63) is 29.8 Å². The lowest BCUT2D eigenvalue weighted by molar-refractivity contribution is -0.143. The van der Waals surface area contributed by atoms with Gasteiger partial charge in [0.05, 0.1) is 6.42 Å². The first-order valence-corrected chi connectivity index (χ1v) is 20.4. The molecule has 6 atom stereocenters.